The SMILES string of the molecule is Cc1ccccc1C(NC(=O)C(C)Oc1ccccc1Cl)c1ccccc1. The lowest BCUT2D eigenvalue weighted by Gasteiger charge is -2.24. The van der Waals surface area contributed by atoms with Gasteiger partial charge in [0.25, 0.3) is 5.91 Å². The van der Waals surface area contributed by atoms with Crippen LogP contribution in [0.5, 0.6) is 5.75 Å². The summed E-state index contributed by atoms with van der Waals surface area (Å²) in [7, 11) is 0. The first-order valence-corrected chi connectivity index (χ1v) is 9.26. The quantitative estimate of drug-likeness (QED) is 0.629. The third-order valence-corrected chi connectivity index (χ3v) is 4.74. The maximum absolute atomic E-state index is 12.8. The number of aryl methyl sites for hydroxylation is 1. The van der Waals surface area contributed by atoms with Crippen LogP contribution in [0.15, 0.2) is 78.9 Å². The molecule has 138 valence electrons. The van der Waals surface area contributed by atoms with Crippen LogP contribution in [-0.4, -0.2) is 12.0 Å². The van der Waals surface area contributed by atoms with Crippen molar-refractivity contribution < 1.29 is 9.53 Å². The van der Waals surface area contributed by atoms with Gasteiger partial charge in [-0.3, -0.25) is 4.79 Å². The van der Waals surface area contributed by atoms with E-state index in [1.54, 1.807) is 19.1 Å². The van der Waals surface area contributed by atoms with Gasteiger partial charge in [-0.05, 0) is 42.7 Å². The van der Waals surface area contributed by atoms with Gasteiger partial charge in [0.15, 0.2) is 6.10 Å². The topological polar surface area (TPSA) is 38.3 Å². The highest BCUT2D eigenvalue weighted by molar-refractivity contribution is 6.32. The third-order valence-electron chi connectivity index (χ3n) is 4.43. The molecule has 0 bridgehead atoms. The molecule has 4 heteroatoms. The minimum absolute atomic E-state index is 0.202. The molecule has 0 aliphatic heterocycles. The molecule has 0 aliphatic carbocycles. The lowest BCUT2D eigenvalue weighted by atomic mass is 9.95. The van der Waals surface area contributed by atoms with Crippen molar-refractivity contribution in [1.29, 1.82) is 0 Å². The Bertz CT molecular complexity index is 911. The van der Waals surface area contributed by atoms with Crippen LogP contribution in [0.2, 0.25) is 5.02 Å². The largest absolute Gasteiger partial charge is 0.479 e. The van der Waals surface area contributed by atoms with Crippen molar-refractivity contribution in [2.24, 2.45) is 0 Å². The number of carbonyl (C=O) groups excluding carboxylic acids is 1. The lowest BCUT2D eigenvalue weighted by molar-refractivity contribution is -0.127. The first kappa shape index (κ1) is 19.0. The number of ether oxygens (including phenoxy) is 1. The fraction of sp³-hybridized carbons (Fsp3) is 0.174. The van der Waals surface area contributed by atoms with Crippen LogP contribution in [0.25, 0.3) is 0 Å². The van der Waals surface area contributed by atoms with E-state index < -0.39 is 6.10 Å². The molecular formula is C23H22ClNO2. The van der Waals surface area contributed by atoms with Crippen LogP contribution >= 0.6 is 11.6 Å². The summed E-state index contributed by atoms with van der Waals surface area (Å²) in [5.74, 6) is 0.293. The van der Waals surface area contributed by atoms with Crippen molar-refractivity contribution in [3.8, 4) is 5.75 Å². The highest BCUT2D eigenvalue weighted by atomic mass is 35.5. The molecule has 0 saturated carbocycles. The molecule has 3 rings (SSSR count). The number of rotatable bonds is 6. The Hall–Kier alpha value is -2.78. The summed E-state index contributed by atoms with van der Waals surface area (Å²) in [6.45, 7) is 3.76. The molecule has 3 aromatic rings. The zero-order chi connectivity index (χ0) is 19.2. The van der Waals surface area contributed by atoms with Gasteiger partial charge in [0.05, 0.1) is 11.1 Å². The molecule has 0 aromatic heterocycles. The summed E-state index contributed by atoms with van der Waals surface area (Å²) >= 11 is 6.13. The highest BCUT2D eigenvalue weighted by Gasteiger charge is 2.23. The van der Waals surface area contributed by atoms with Gasteiger partial charge in [-0.1, -0.05) is 78.3 Å². The Labute approximate surface area is 164 Å². The van der Waals surface area contributed by atoms with Crippen LogP contribution < -0.4 is 10.1 Å². The number of hydrogen-bond donors (Lipinski definition) is 1. The first-order valence-electron chi connectivity index (χ1n) is 8.88. The second-order valence-corrected chi connectivity index (χ2v) is 6.81. The molecule has 1 N–H and O–H groups in total. The van der Waals surface area contributed by atoms with Crippen LogP contribution in [-0.2, 0) is 4.79 Å². The van der Waals surface area contributed by atoms with Gasteiger partial charge in [0.2, 0.25) is 0 Å². The van der Waals surface area contributed by atoms with E-state index in [1.807, 2.05) is 73.7 Å². The van der Waals surface area contributed by atoms with E-state index >= 15 is 0 Å². The number of carbonyl (C=O) groups is 1. The molecule has 27 heavy (non-hydrogen) atoms. The number of amides is 1. The summed E-state index contributed by atoms with van der Waals surface area (Å²) in [5.41, 5.74) is 3.19. The van der Waals surface area contributed by atoms with Crippen LogP contribution in [0.1, 0.15) is 29.7 Å². The fourth-order valence-electron chi connectivity index (χ4n) is 2.94. The molecule has 0 spiro atoms. The predicted octanol–water partition coefficient (Wildman–Crippen LogP) is 5.32. The summed E-state index contributed by atoms with van der Waals surface area (Å²) in [4.78, 5) is 12.8. The zero-order valence-corrected chi connectivity index (χ0v) is 16.1. The van der Waals surface area contributed by atoms with Crippen LogP contribution in [0.3, 0.4) is 0 Å². The Morgan fingerprint density at radius 2 is 1.56 bits per heavy atom. The molecule has 0 saturated heterocycles. The minimum Gasteiger partial charge on any atom is -0.479 e. The highest BCUT2D eigenvalue weighted by Crippen LogP contribution is 2.26. The van der Waals surface area contributed by atoms with Gasteiger partial charge in [-0.2, -0.15) is 0 Å². The maximum Gasteiger partial charge on any atom is 0.261 e. The van der Waals surface area contributed by atoms with Crippen LogP contribution in [0, 0.1) is 6.92 Å². The number of para-hydroxylation sites is 1. The van der Waals surface area contributed by atoms with Crippen molar-refractivity contribution in [3.05, 3.63) is 101 Å². The summed E-state index contributed by atoms with van der Waals surface area (Å²) in [5, 5.41) is 3.60. The van der Waals surface area contributed by atoms with Crippen LogP contribution in [0.4, 0.5) is 0 Å². The average Bonchev–Trinajstić information content (AvgIpc) is 2.69. The van der Waals surface area contributed by atoms with E-state index in [2.05, 4.69) is 5.32 Å². The van der Waals surface area contributed by atoms with E-state index in [0.29, 0.717) is 10.8 Å². The fourth-order valence-corrected chi connectivity index (χ4v) is 3.12. The lowest BCUT2D eigenvalue weighted by Crippen LogP contribution is -2.39. The monoisotopic (exact) mass is 379 g/mol. The molecule has 0 radical (unpaired) electrons. The van der Waals surface area contributed by atoms with Crippen molar-refractivity contribution >= 4 is 17.5 Å². The Balaban J connectivity index is 1.83. The average molecular weight is 380 g/mol. The minimum atomic E-state index is -0.680. The van der Waals surface area contributed by atoms with E-state index in [1.165, 1.54) is 0 Å². The molecule has 3 aromatic carbocycles. The third kappa shape index (κ3) is 4.69. The van der Waals surface area contributed by atoms with Crippen molar-refractivity contribution in [1.82, 2.24) is 5.32 Å². The molecule has 0 fully saturated rings. The summed E-state index contributed by atoms with van der Waals surface area (Å²) < 4.78 is 5.77. The van der Waals surface area contributed by atoms with Gasteiger partial charge in [-0.25, -0.2) is 0 Å². The molecule has 2 unspecified atom stereocenters. The summed E-state index contributed by atoms with van der Waals surface area (Å²) in [6.07, 6.45) is -0.680. The van der Waals surface area contributed by atoms with Gasteiger partial charge in [0.1, 0.15) is 5.75 Å². The Morgan fingerprint density at radius 1 is 0.926 bits per heavy atom. The normalized spacial score (nSPS) is 12.9. The smallest absolute Gasteiger partial charge is 0.261 e. The molecule has 0 aliphatic rings. The molecule has 2 atom stereocenters. The van der Waals surface area contributed by atoms with Gasteiger partial charge in [-0.15, -0.1) is 0 Å². The second-order valence-electron chi connectivity index (χ2n) is 6.40. The summed E-state index contributed by atoms with van der Waals surface area (Å²) in [6, 6.07) is 24.9. The number of benzene rings is 3. The maximum atomic E-state index is 12.8. The van der Waals surface area contributed by atoms with Gasteiger partial charge >= 0.3 is 0 Å². The van der Waals surface area contributed by atoms with Crippen molar-refractivity contribution in [2.75, 3.05) is 0 Å². The zero-order valence-electron chi connectivity index (χ0n) is 15.4. The number of halogens is 1. The Morgan fingerprint density at radius 3 is 2.26 bits per heavy atom. The number of hydrogen-bond acceptors (Lipinski definition) is 2. The second kappa shape index (κ2) is 8.74. The predicted molar refractivity (Wildman–Crippen MR) is 109 cm³/mol. The van der Waals surface area contributed by atoms with E-state index in [0.717, 1.165) is 16.7 Å². The molecule has 3 nitrogen and oxygen atoms in total. The van der Waals surface area contributed by atoms with Crippen molar-refractivity contribution in [3.63, 3.8) is 0 Å². The van der Waals surface area contributed by atoms with E-state index in [4.69, 9.17) is 16.3 Å². The Kier molecular flexibility index (Phi) is 6.15. The molecular weight excluding hydrogens is 358 g/mol. The van der Waals surface area contributed by atoms with Gasteiger partial charge < -0.3 is 10.1 Å². The van der Waals surface area contributed by atoms with Gasteiger partial charge in [0, 0.05) is 0 Å². The molecule has 0 heterocycles. The standard InChI is InChI=1S/C23H22ClNO2/c1-16-10-6-7-13-19(16)22(18-11-4-3-5-12-18)25-23(26)17(2)27-21-15-9-8-14-20(21)24/h3-15,17,22H,1-2H3,(H,25,26). The van der Waals surface area contributed by atoms with E-state index in [9.17, 15) is 4.79 Å². The van der Waals surface area contributed by atoms with E-state index in [-0.39, 0.29) is 11.9 Å². The first-order chi connectivity index (χ1) is 13.1. The number of nitrogens with one attached hydrogen (secondary N) is 1. The molecule has 1 amide bonds. The van der Waals surface area contributed by atoms with Crippen molar-refractivity contribution in [2.45, 2.75) is 26.0 Å².